The van der Waals surface area contributed by atoms with E-state index in [1.807, 2.05) is 4.90 Å². The van der Waals surface area contributed by atoms with Gasteiger partial charge in [-0.15, -0.1) is 0 Å². The van der Waals surface area contributed by atoms with Gasteiger partial charge in [-0.3, -0.25) is 0 Å². The first-order valence-electron chi connectivity index (χ1n) is 8.90. The van der Waals surface area contributed by atoms with Crippen LogP contribution >= 0.6 is 0 Å². The molecule has 0 saturated carbocycles. The number of H-pyrrole nitrogens is 1. The summed E-state index contributed by atoms with van der Waals surface area (Å²) >= 11 is 0. The van der Waals surface area contributed by atoms with E-state index in [1.54, 1.807) is 12.4 Å². The van der Waals surface area contributed by atoms with Gasteiger partial charge in [0.25, 0.3) is 0 Å². The zero-order valence-electron chi connectivity index (χ0n) is 15.0. The number of hydrogen-bond donors (Lipinski definition) is 2. The number of likely N-dealkylation sites (tertiary alicyclic amines) is 1. The van der Waals surface area contributed by atoms with E-state index in [1.165, 1.54) is 11.1 Å². The van der Waals surface area contributed by atoms with Crippen molar-refractivity contribution in [2.75, 3.05) is 20.6 Å². The molecule has 2 amide bonds. The fourth-order valence-electron chi connectivity index (χ4n) is 3.39. The number of rotatable bonds is 5. The molecule has 1 aromatic carbocycles. The van der Waals surface area contributed by atoms with E-state index in [2.05, 4.69) is 58.5 Å². The third kappa shape index (κ3) is 4.60. The first kappa shape index (κ1) is 17.5. The summed E-state index contributed by atoms with van der Waals surface area (Å²) in [4.78, 5) is 23.9. The first-order valence-corrected chi connectivity index (χ1v) is 8.90. The lowest BCUT2D eigenvalue weighted by Gasteiger charge is -2.36. The predicted octanol–water partition coefficient (Wildman–Crippen LogP) is 2.91. The average molecular weight is 341 g/mol. The van der Waals surface area contributed by atoms with Gasteiger partial charge in [0, 0.05) is 25.5 Å². The Hall–Kier alpha value is -2.34. The van der Waals surface area contributed by atoms with Gasteiger partial charge in [0.1, 0.15) is 5.82 Å². The number of aromatic amines is 1. The number of urea groups is 1. The number of amides is 2. The second-order valence-electron chi connectivity index (χ2n) is 6.88. The lowest BCUT2D eigenvalue weighted by atomic mass is 9.95. The van der Waals surface area contributed by atoms with Crippen LogP contribution in [0.15, 0.2) is 36.7 Å². The number of carbonyl (C=O) groups is 1. The molecule has 6 heteroatoms. The molecular weight excluding hydrogens is 314 g/mol. The molecule has 25 heavy (non-hydrogen) atoms. The Labute approximate surface area is 149 Å². The SMILES string of the molecule is CN(C)Cc1ccc([C@@H]2CCCCN2C(=O)NCc2ncc[nH]2)cc1. The summed E-state index contributed by atoms with van der Waals surface area (Å²) in [5, 5.41) is 2.98. The van der Waals surface area contributed by atoms with Crippen LogP contribution in [0.1, 0.15) is 42.3 Å². The molecule has 2 aromatic rings. The molecule has 134 valence electrons. The predicted molar refractivity (Wildman–Crippen MR) is 98.0 cm³/mol. The van der Waals surface area contributed by atoms with Crippen LogP contribution in [-0.2, 0) is 13.1 Å². The molecule has 1 aliphatic rings. The summed E-state index contributed by atoms with van der Waals surface area (Å²) in [5.41, 5.74) is 2.51. The summed E-state index contributed by atoms with van der Waals surface area (Å²) in [5.74, 6) is 0.773. The topological polar surface area (TPSA) is 64.3 Å². The first-order chi connectivity index (χ1) is 12.1. The quantitative estimate of drug-likeness (QED) is 0.879. The van der Waals surface area contributed by atoms with Crippen molar-refractivity contribution >= 4 is 6.03 Å². The maximum absolute atomic E-state index is 12.7. The highest BCUT2D eigenvalue weighted by Crippen LogP contribution is 2.31. The molecule has 0 radical (unpaired) electrons. The van der Waals surface area contributed by atoms with Crippen LogP contribution < -0.4 is 5.32 Å². The summed E-state index contributed by atoms with van der Waals surface area (Å²) in [7, 11) is 4.14. The van der Waals surface area contributed by atoms with Crippen molar-refractivity contribution in [1.82, 2.24) is 25.1 Å². The Morgan fingerprint density at radius 2 is 2.12 bits per heavy atom. The van der Waals surface area contributed by atoms with Crippen LogP contribution in [0, 0.1) is 0 Å². The largest absolute Gasteiger partial charge is 0.347 e. The standard InChI is InChI=1S/C19H27N5O/c1-23(2)14-15-6-8-16(9-7-15)17-5-3-4-12-24(17)19(25)22-13-18-20-10-11-21-18/h6-11,17H,3-5,12-14H2,1-2H3,(H,20,21)(H,22,25)/t17-/m0/s1. The summed E-state index contributed by atoms with van der Waals surface area (Å²) in [6, 6.07) is 8.81. The summed E-state index contributed by atoms with van der Waals surface area (Å²) < 4.78 is 0. The molecule has 0 spiro atoms. The molecule has 2 heterocycles. The van der Waals surface area contributed by atoms with Crippen LogP contribution in [0.2, 0.25) is 0 Å². The molecule has 1 aromatic heterocycles. The van der Waals surface area contributed by atoms with E-state index in [-0.39, 0.29) is 12.1 Å². The van der Waals surface area contributed by atoms with E-state index in [4.69, 9.17) is 0 Å². The fraction of sp³-hybridized carbons (Fsp3) is 0.474. The Bertz CT molecular complexity index is 666. The van der Waals surface area contributed by atoms with Gasteiger partial charge in [-0.1, -0.05) is 24.3 Å². The molecule has 1 aliphatic heterocycles. The van der Waals surface area contributed by atoms with Gasteiger partial charge in [-0.2, -0.15) is 0 Å². The third-order valence-electron chi connectivity index (χ3n) is 4.59. The Balaban J connectivity index is 1.66. The average Bonchev–Trinajstić information content (AvgIpc) is 3.13. The second kappa shape index (κ2) is 8.16. The number of nitrogens with one attached hydrogen (secondary N) is 2. The van der Waals surface area contributed by atoms with Gasteiger partial charge in [0.05, 0.1) is 12.6 Å². The molecule has 2 N–H and O–H groups in total. The van der Waals surface area contributed by atoms with Crippen LogP contribution in [0.25, 0.3) is 0 Å². The summed E-state index contributed by atoms with van der Waals surface area (Å²) in [6.07, 6.45) is 6.69. The van der Waals surface area contributed by atoms with Crippen molar-refractivity contribution < 1.29 is 4.79 Å². The Morgan fingerprint density at radius 3 is 2.80 bits per heavy atom. The van der Waals surface area contributed by atoms with Crippen LogP contribution in [-0.4, -0.2) is 46.4 Å². The van der Waals surface area contributed by atoms with Crippen molar-refractivity contribution in [3.63, 3.8) is 0 Å². The molecular formula is C19H27N5O. The van der Waals surface area contributed by atoms with Crippen LogP contribution in [0.4, 0.5) is 4.79 Å². The molecule has 3 rings (SSSR count). The minimum absolute atomic E-state index is 0.0153. The maximum atomic E-state index is 12.7. The zero-order chi connectivity index (χ0) is 17.6. The number of benzene rings is 1. The van der Waals surface area contributed by atoms with Crippen molar-refractivity contribution in [2.24, 2.45) is 0 Å². The van der Waals surface area contributed by atoms with Crippen molar-refractivity contribution in [1.29, 1.82) is 0 Å². The van der Waals surface area contributed by atoms with Crippen molar-refractivity contribution in [3.05, 3.63) is 53.6 Å². The van der Waals surface area contributed by atoms with E-state index in [9.17, 15) is 4.79 Å². The van der Waals surface area contributed by atoms with Gasteiger partial charge in [-0.25, -0.2) is 9.78 Å². The number of nitrogens with zero attached hydrogens (tertiary/aromatic N) is 3. The molecule has 0 unspecified atom stereocenters. The zero-order valence-corrected chi connectivity index (χ0v) is 15.0. The Kier molecular flexibility index (Phi) is 5.71. The minimum Gasteiger partial charge on any atom is -0.347 e. The van der Waals surface area contributed by atoms with Crippen LogP contribution in [0.5, 0.6) is 0 Å². The van der Waals surface area contributed by atoms with E-state index < -0.39 is 0 Å². The smallest absolute Gasteiger partial charge is 0.318 e. The number of aromatic nitrogens is 2. The van der Waals surface area contributed by atoms with Gasteiger partial charge < -0.3 is 20.1 Å². The second-order valence-corrected chi connectivity index (χ2v) is 6.88. The minimum atomic E-state index is -0.0153. The summed E-state index contributed by atoms with van der Waals surface area (Å²) in [6.45, 7) is 2.16. The van der Waals surface area contributed by atoms with Gasteiger partial charge in [0.15, 0.2) is 0 Å². The number of piperidine rings is 1. The van der Waals surface area contributed by atoms with Gasteiger partial charge >= 0.3 is 6.03 Å². The highest BCUT2D eigenvalue weighted by atomic mass is 16.2. The Morgan fingerprint density at radius 1 is 1.32 bits per heavy atom. The molecule has 6 nitrogen and oxygen atoms in total. The normalized spacial score (nSPS) is 17.7. The number of imidazole rings is 1. The van der Waals surface area contributed by atoms with E-state index in [0.29, 0.717) is 6.54 Å². The number of hydrogen-bond acceptors (Lipinski definition) is 3. The molecule has 1 atom stereocenters. The monoisotopic (exact) mass is 341 g/mol. The fourth-order valence-corrected chi connectivity index (χ4v) is 3.39. The van der Waals surface area contributed by atoms with E-state index >= 15 is 0 Å². The maximum Gasteiger partial charge on any atom is 0.318 e. The van der Waals surface area contributed by atoms with Gasteiger partial charge in [0.2, 0.25) is 0 Å². The van der Waals surface area contributed by atoms with Gasteiger partial charge in [-0.05, 0) is 44.5 Å². The lowest BCUT2D eigenvalue weighted by Crippen LogP contribution is -2.44. The highest BCUT2D eigenvalue weighted by molar-refractivity contribution is 5.74. The third-order valence-corrected chi connectivity index (χ3v) is 4.59. The molecule has 1 saturated heterocycles. The molecule has 1 fully saturated rings. The lowest BCUT2D eigenvalue weighted by molar-refractivity contribution is 0.151. The molecule has 0 bridgehead atoms. The van der Waals surface area contributed by atoms with Crippen molar-refractivity contribution in [2.45, 2.75) is 38.4 Å². The number of carbonyl (C=O) groups excluding carboxylic acids is 1. The molecule has 0 aliphatic carbocycles. The van der Waals surface area contributed by atoms with Crippen LogP contribution in [0.3, 0.4) is 0 Å². The highest BCUT2D eigenvalue weighted by Gasteiger charge is 2.27. The van der Waals surface area contributed by atoms with Crippen molar-refractivity contribution in [3.8, 4) is 0 Å². The van der Waals surface area contributed by atoms with E-state index in [0.717, 1.165) is 38.2 Å².